The van der Waals surface area contributed by atoms with Gasteiger partial charge in [0, 0.05) is 31.9 Å². The third-order valence-electron chi connectivity index (χ3n) is 4.35. The van der Waals surface area contributed by atoms with Crippen molar-refractivity contribution in [3.8, 4) is 0 Å². The van der Waals surface area contributed by atoms with Gasteiger partial charge in [-0.15, -0.1) is 11.3 Å². The minimum atomic E-state index is -0.737. The van der Waals surface area contributed by atoms with Crippen molar-refractivity contribution in [2.24, 2.45) is 0 Å². The molecule has 2 amide bonds. The second-order valence-corrected chi connectivity index (χ2v) is 7.14. The molecule has 1 fully saturated rings. The normalized spacial score (nSPS) is 14.2. The Kier molecular flexibility index (Phi) is 5.68. The first kappa shape index (κ1) is 18.1. The summed E-state index contributed by atoms with van der Waals surface area (Å²) in [5.41, 5.74) is 2.37. The van der Waals surface area contributed by atoms with Crippen LogP contribution in [0.4, 0.5) is 5.69 Å². The zero-order valence-corrected chi connectivity index (χ0v) is 15.4. The van der Waals surface area contributed by atoms with E-state index in [-0.39, 0.29) is 12.5 Å². The number of hydrogen-bond donors (Lipinski definition) is 1. The first-order chi connectivity index (χ1) is 12.5. The molecule has 7 heteroatoms. The molecule has 1 aliphatic rings. The van der Waals surface area contributed by atoms with E-state index in [2.05, 4.69) is 35.3 Å². The molecule has 0 aliphatic carbocycles. The third kappa shape index (κ3) is 4.29. The number of ketones is 1. The third-order valence-corrected chi connectivity index (χ3v) is 5.22. The van der Waals surface area contributed by atoms with Crippen LogP contribution < -0.4 is 10.2 Å². The highest BCUT2D eigenvalue weighted by molar-refractivity contribution is 7.13. The van der Waals surface area contributed by atoms with Crippen molar-refractivity contribution in [1.82, 2.24) is 10.2 Å². The number of hydrogen-bond acceptors (Lipinski definition) is 5. The zero-order chi connectivity index (χ0) is 18.5. The number of aryl methyl sites for hydroxylation is 1. The van der Waals surface area contributed by atoms with Gasteiger partial charge in [0.1, 0.15) is 0 Å². The van der Waals surface area contributed by atoms with Crippen molar-refractivity contribution in [2.75, 3.05) is 37.6 Å². The highest BCUT2D eigenvalue weighted by Gasteiger charge is 2.23. The average molecular weight is 371 g/mol. The molecule has 1 saturated heterocycles. The van der Waals surface area contributed by atoms with Gasteiger partial charge in [0.2, 0.25) is 5.91 Å². The largest absolute Gasteiger partial charge is 0.368 e. The molecule has 0 unspecified atom stereocenters. The first-order valence-electron chi connectivity index (χ1n) is 8.50. The lowest BCUT2D eigenvalue weighted by atomic mass is 10.2. The van der Waals surface area contributed by atoms with Gasteiger partial charge < -0.3 is 15.1 Å². The summed E-state index contributed by atoms with van der Waals surface area (Å²) in [6.07, 6.45) is 0. The fourth-order valence-electron chi connectivity index (χ4n) is 2.91. The highest BCUT2D eigenvalue weighted by Crippen LogP contribution is 2.17. The molecular formula is C19H21N3O3S. The fraction of sp³-hybridized carbons (Fsp3) is 0.316. The number of carbonyl (C=O) groups is 3. The number of nitrogens with zero attached hydrogens (tertiary/aromatic N) is 2. The Labute approximate surface area is 156 Å². The molecule has 3 rings (SSSR count). The summed E-state index contributed by atoms with van der Waals surface area (Å²) in [4.78, 5) is 40.4. The molecule has 0 atom stereocenters. The molecular weight excluding hydrogens is 350 g/mol. The number of piperazine rings is 1. The predicted molar refractivity (Wildman–Crippen MR) is 102 cm³/mol. The van der Waals surface area contributed by atoms with Crippen LogP contribution in [0.15, 0.2) is 41.8 Å². The van der Waals surface area contributed by atoms with Crippen molar-refractivity contribution in [2.45, 2.75) is 6.92 Å². The number of rotatable bonds is 5. The van der Waals surface area contributed by atoms with Gasteiger partial charge >= 0.3 is 0 Å². The Balaban J connectivity index is 1.46. The number of benzene rings is 1. The summed E-state index contributed by atoms with van der Waals surface area (Å²) in [7, 11) is 0. The number of nitrogens with one attached hydrogen (secondary N) is 1. The van der Waals surface area contributed by atoms with Crippen LogP contribution in [0.2, 0.25) is 0 Å². The van der Waals surface area contributed by atoms with Crippen molar-refractivity contribution >= 4 is 34.6 Å². The van der Waals surface area contributed by atoms with Crippen molar-refractivity contribution in [3.63, 3.8) is 0 Å². The summed E-state index contributed by atoms with van der Waals surface area (Å²) in [6.45, 7) is 4.60. The Hall–Kier alpha value is -2.67. The molecule has 1 aromatic carbocycles. The van der Waals surface area contributed by atoms with Crippen LogP contribution in [0.3, 0.4) is 0 Å². The first-order valence-corrected chi connectivity index (χ1v) is 9.38. The number of anilines is 1. The molecule has 0 spiro atoms. The topological polar surface area (TPSA) is 69.7 Å². The van der Waals surface area contributed by atoms with Gasteiger partial charge in [0.05, 0.1) is 11.4 Å². The molecule has 26 heavy (non-hydrogen) atoms. The number of carbonyl (C=O) groups excluding carboxylic acids is 3. The standard InChI is InChI=1S/C19H21N3O3S/c1-14-4-2-5-15(12-14)21-7-9-22(10-8-21)17(23)13-20-19(25)18(24)16-6-3-11-26-16/h2-6,11-12H,7-10,13H2,1H3,(H,20,25). The van der Waals surface area contributed by atoms with Crippen LogP contribution in [-0.2, 0) is 9.59 Å². The fourth-order valence-corrected chi connectivity index (χ4v) is 3.57. The summed E-state index contributed by atoms with van der Waals surface area (Å²) in [6, 6.07) is 11.6. The molecule has 0 radical (unpaired) electrons. The zero-order valence-electron chi connectivity index (χ0n) is 14.6. The van der Waals surface area contributed by atoms with Gasteiger partial charge in [0.25, 0.3) is 11.7 Å². The predicted octanol–water partition coefficient (Wildman–Crippen LogP) is 1.70. The maximum Gasteiger partial charge on any atom is 0.293 e. The molecule has 0 saturated carbocycles. The lowest BCUT2D eigenvalue weighted by molar-refractivity contribution is -0.132. The molecule has 2 aromatic rings. The Morgan fingerprint density at radius 2 is 1.85 bits per heavy atom. The van der Waals surface area contributed by atoms with Crippen LogP contribution in [0.1, 0.15) is 15.2 Å². The molecule has 136 valence electrons. The van der Waals surface area contributed by atoms with Crippen molar-refractivity contribution < 1.29 is 14.4 Å². The van der Waals surface area contributed by atoms with E-state index < -0.39 is 11.7 Å². The quantitative estimate of drug-likeness (QED) is 0.642. The molecule has 1 aromatic heterocycles. The molecule has 1 N–H and O–H groups in total. The Morgan fingerprint density at radius 3 is 2.50 bits per heavy atom. The maximum absolute atomic E-state index is 12.3. The number of thiophene rings is 1. The van der Waals surface area contributed by atoms with E-state index in [1.807, 2.05) is 6.07 Å². The van der Waals surface area contributed by atoms with Crippen molar-refractivity contribution in [1.29, 1.82) is 0 Å². The van der Waals surface area contributed by atoms with Crippen LogP contribution >= 0.6 is 11.3 Å². The van der Waals surface area contributed by atoms with Crippen LogP contribution in [0.5, 0.6) is 0 Å². The second kappa shape index (κ2) is 8.14. The van der Waals surface area contributed by atoms with Crippen molar-refractivity contribution in [3.05, 3.63) is 52.2 Å². The van der Waals surface area contributed by atoms with Crippen LogP contribution in [0, 0.1) is 6.92 Å². The van der Waals surface area contributed by atoms with Crippen LogP contribution in [-0.4, -0.2) is 55.2 Å². The monoisotopic (exact) mass is 371 g/mol. The lowest BCUT2D eigenvalue weighted by Gasteiger charge is -2.36. The minimum Gasteiger partial charge on any atom is -0.368 e. The SMILES string of the molecule is Cc1cccc(N2CCN(C(=O)CNC(=O)C(=O)c3cccs3)CC2)c1. The van der Waals surface area contributed by atoms with E-state index in [4.69, 9.17) is 0 Å². The second-order valence-electron chi connectivity index (χ2n) is 6.20. The van der Waals surface area contributed by atoms with E-state index in [9.17, 15) is 14.4 Å². The molecule has 2 heterocycles. The summed E-state index contributed by atoms with van der Waals surface area (Å²) in [5.74, 6) is -1.50. The highest BCUT2D eigenvalue weighted by atomic mass is 32.1. The molecule has 1 aliphatic heterocycles. The van der Waals surface area contributed by atoms with Gasteiger partial charge in [-0.1, -0.05) is 18.2 Å². The van der Waals surface area contributed by atoms with Gasteiger partial charge in [-0.3, -0.25) is 14.4 Å². The number of amides is 2. The number of Topliss-reactive ketones (excluding diaryl/α,β-unsaturated/α-hetero) is 1. The van der Waals surface area contributed by atoms with Gasteiger partial charge in [-0.25, -0.2) is 0 Å². The van der Waals surface area contributed by atoms with E-state index >= 15 is 0 Å². The average Bonchev–Trinajstić information content (AvgIpc) is 3.20. The molecule has 6 nitrogen and oxygen atoms in total. The van der Waals surface area contributed by atoms with E-state index in [1.165, 1.54) is 16.9 Å². The summed E-state index contributed by atoms with van der Waals surface area (Å²) < 4.78 is 0. The summed E-state index contributed by atoms with van der Waals surface area (Å²) >= 11 is 1.21. The maximum atomic E-state index is 12.3. The molecule has 0 bridgehead atoms. The Bertz CT molecular complexity index is 796. The Morgan fingerprint density at radius 1 is 1.08 bits per heavy atom. The van der Waals surface area contributed by atoms with Gasteiger partial charge in [-0.05, 0) is 36.1 Å². The van der Waals surface area contributed by atoms with E-state index in [1.54, 1.807) is 22.4 Å². The van der Waals surface area contributed by atoms with Crippen LogP contribution in [0.25, 0.3) is 0 Å². The lowest BCUT2D eigenvalue weighted by Crippen LogP contribution is -2.51. The minimum absolute atomic E-state index is 0.152. The van der Waals surface area contributed by atoms with Gasteiger partial charge in [-0.2, -0.15) is 0 Å². The van der Waals surface area contributed by atoms with Gasteiger partial charge in [0.15, 0.2) is 0 Å². The van der Waals surface area contributed by atoms with E-state index in [0.717, 1.165) is 18.8 Å². The summed E-state index contributed by atoms with van der Waals surface area (Å²) in [5, 5.41) is 4.17. The van der Waals surface area contributed by atoms with E-state index in [0.29, 0.717) is 18.0 Å². The smallest absolute Gasteiger partial charge is 0.293 e.